The first-order valence-electron chi connectivity index (χ1n) is 7.28. The molecule has 0 aromatic heterocycles. The van der Waals surface area contributed by atoms with Crippen molar-refractivity contribution >= 4 is 11.9 Å². The molecular weight excluding hydrogens is 294 g/mol. The number of ether oxygens (including phenoxy) is 1. The number of carbonyl (C=O) groups excluding carboxylic acids is 2. The molecule has 0 saturated heterocycles. The van der Waals surface area contributed by atoms with Gasteiger partial charge in [0.25, 0.3) is 5.91 Å². The molecule has 120 valence electrons. The molecule has 0 aliphatic carbocycles. The van der Waals surface area contributed by atoms with Crippen LogP contribution < -0.4 is 15.2 Å². The second kappa shape index (κ2) is 7.98. The molecule has 5 heteroatoms. The number of carbonyl (C=O) groups is 2. The summed E-state index contributed by atoms with van der Waals surface area (Å²) < 4.78 is 5.35. The Labute approximate surface area is 134 Å². The molecule has 0 fully saturated rings. The van der Waals surface area contributed by atoms with Crippen molar-refractivity contribution < 1.29 is 19.4 Å². The summed E-state index contributed by atoms with van der Waals surface area (Å²) in [5, 5.41) is 13.6. The second-order valence-corrected chi connectivity index (χ2v) is 5.23. The van der Waals surface area contributed by atoms with E-state index in [0.29, 0.717) is 5.75 Å². The van der Waals surface area contributed by atoms with Gasteiger partial charge in [0.05, 0.1) is 12.0 Å². The Morgan fingerprint density at radius 1 is 1.13 bits per heavy atom. The maximum absolute atomic E-state index is 11.9. The fraction of sp³-hybridized carbons (Fsp3) is 0.222. The van der Waals surface area contributed by atoms with Gasteiger partial charge in [-0.25, -0.2) is 0 Å². The number of hydrogen-bond donors (Lipinski definition) is 1. The van der Waals surface area contributed by atoms with Crippen LogP contribution in [0, 0.1) is 6.92 Å². The van der Waals surface area contributed by atoms with Gasteiger partial charge < -0.3 is 20.0 Å². The highest BCUT2D eigenvalue weighted by molar-refractivity contribution is 5.83. The molecule has 0 aliphatic heterocycles. The molecule has 0 aliphatic rings. The van der Waals surface area contributed by atoms with Gasteiger partial charge >= 0.3 is 0 Å². The third-order valence-electron chi connectivity index (χ3n) is 3.26. The Kier molecular flexibility index (Phi) is 5.74. The molecule has 0 radical (unpaired) electrons. The van der Waals surface area contributed by atoms with E-state index in [1.54, 1.807) is 24.3 Å². The van der Waals surface area contributed by atoms with E-state index in [2.05, 4.69) is 5.32 Å². The van der Waals surface area contributed by atoms with Crippen LogP contribution in [0.4, 0.5) is 0 Å². The maximum atomic E-state index is 11.9. The zero-order valence-corrected chi connectivity index (χ0v) is 12.8. The minimum Gasteiger partial charge on any atom is -0.548 e. The van der Waals surface area contributed by atoms with Gasteiger partial charge in [-0.15, -0.1) is 0 Å². The van der Waals surface area contributed by atoms with Crippen molar-refractivity contribution in [1.29, 1.82) is 0 Å². The lowest BCUT2D eigenvalue weighted by Gasteiger charge is -2.20. The Morgan fingerprint density at radius 3 is 2.52 bits per heavy atom. The molecule has 23 heavy (non-hydrogen) atoms. The Balaban J connectivity index is 1.89. The molecule has 1 unspecified atom stereocenters. The van der Waals surface area contributed by atoms with Crippen LogP contribution in [-0.4, -0.2) is 24.5 Å². The number of hydrogen-bond acceptors (Lipinski definition) is 4. The lowest BCUT2D eigenvalue weighted by molar-refractivity contribution is -0.308. The number of carboxylic acids is 1. The first-order valence-corrected chi connectivity index (χ1v) is 7.28. The zero-order chi connectivity index (χ0) is 16.7. The van der Waals surface area contributed by atoms with E-state index in [4.69, 9.17) is 4.74 Å². The highest BCUT2D eigenvalue weighted by Gasteiger charge is 2.14. The molecule has 5 nitrogen and oxygen atoms in total. The largest absolute Gasteiger partial charge is 0.548 e. The third-order valence-corrected chi connectivity index (χ3v) is 3.26. The van der Waals surface area contributed by atoms with Crippen molar-refractivity contribution in [3.8, 4) is 5.75 Å². The SMILES string of the molecule is Cc1cccc(OCC(=O)NC(Cc2ccccc2)C(=O)[O-])c1. The van der Waals surface area contributed by atoms with E-state index in [0.717, 1.165) is 11.1 Å². The number of aliphatic carboxylic acids is 1. The van der Waals surface area contributed by atoms with Gasteiger partial charge in [-0.3, -0.25) is 4.79 Å². The van der Waals surface area contributed by atoms with Crippen molar-refractivity contribution in [3.05, 3.63) is 65.7 Å². The van der Waals surface area contributed by atoms with Crippen LogP contribution >= 0.6 is 0 Å². The monoisotopic (exact) mass is 312 g/mol. The topological polar surface area (TPSA) is 78.5 Å². The molecule has 0 bridgehead atoms. The zero-order valence-electron chi connectivity index (χ0n) is 12.8. The molecule has 0 heterocycles. The number of carboxylic acid groups (broad SMARTS) is 1. The molecule has 1 atom stereocenters. The Bertz CT molecular complexity index is 670. The number of benzene rings is 2. The van der Waals surface area contributed by atoms with Gasteiger partial charge in [-0.2, -0.15) is 0 Å². The van der Waals surface area contributed by atoms with Crippen LogP contribution in [0.3, 0.4) is 0 Å². The summed E-state index contributed by atoms with van der Waals surface area (Å²) in [6.07, 6.45) is 0.166. The smallest absolute Gasteiger partial charge is 0.258 e. The molecule has 2 aromatic carbocycles. The van der Waals surface area contributed by atoms with Crippen LogP contribution in [0.25, 0.3) is 0 Å². The number of rotatable bonds is 7. The van der Waals surface area contributed by atoms with E-state index >= 15 is 0 Å². The maximum Gasteiger partial charge on any atom is 0.258 e. The fourth-order valence-corrected chi connectivity index (χ4v) is 2.13. The van der Waals surface area contributed by atoms with Crippen LogP contribution in [0.5, 0.6) is 5.75 Å². The first kappa shape index (κ1) is 16.5. The van der Waals surface area contributed by atoms with E-state index in [1.165, 1.54) is 0 Å². The minimum atomic E-state index is -1.32. The normalized spacial score (nSPS) is 11.5. The molecule has 0 saturated carbocycles. The number of amides is 1. The van der Waals surface area contributed by atoms with Crippen LogP contribution in [0.1, 0.15) is 11.1 Å². The Morgan fingerprint density at radius 2 is 1.87 bits per heavy atom. The quantitative estimate of drug-likeness (QED) is 0.822. The molecule has 1 N–H and O–H groups in total. The van der Waals surface area contributed by atoms with Crippen molar-refractivity contribution in [2.24, 2.45) is 0 Å². The van der Waals surface area contributed by atoms with Gasteiger partial charge in [0.2, 0.25) is 0 Å². The highest BCUT2D eigenvalue weighted by atomic mass is 16.5. The highest BCUT2D eigenvalue weighted by Crippen LogP contribution is 2.12. The van der Waals surface area contributed by atoms with Gasteiger partial charge in [-0.05, 0) is 36.6 Å². The van der Waals surface area contributed by atoms with Gasteiger partial charge in [0.15, 0.2) is 6.61 Å². The molecule has 2 rings (SSSR count). The summed E-state index contributed by atoms with van der Waals surface area (Å²) in [5.74, 6) is -1.26. The average molecular weight is 312 g/mol. The third kappa shape index (κ3) is 5.47. The van der Waals surface area contributed by atoms with Crippen molar-refractivity contribution in [1.82, 2.24) is 5.32 Å². The summed E-state index contributed by atoms with van der Waals surface area (Å²) in [6.45, 7) is 1.67. The van der Waals surface area contributed by atoms with Crippen molar-refractivity contribution in [2.75, 3.05) is 6.61 Å². The summed E-state index contributed by atoms with van der Waals surface area (Å²) in [4.78, 5) is 23.1. The molecule has 0 spiro atoms. The van der Waals surface area contributed by atoms with E-state index in [1.807, 2.05) is 37.3 Å². The van der Waals surface area contributed by atoms with Gasteiger partial charge in [-0.1, -0.05) is 42.5 Å². The molecular formula is C18H18NO4-. The lowest BCUT2D eigenvalue weighted by Crippen LogP contribution is -2.50. The second-order valence-electron chi connectivity index (χ2n) is 5.23. The van der Waals surface area contributed by atoms with Gasteiger partial charge in [0, 0.05) is 0 Å². The standard InChI is InChI=1S/C18H19NO4/c1-13-6-5-9-15(10-13)23-12-17(20)19-16(18(21)22)11-14-7-3-2-4-8-14/h2-10,16H,11-12H2,1H3,(H,19,20)(H,21,22)/p-1. The minimum absolute atomic E-state index is 0.166. The first-order chi connectivity index (χ1) is 11.0. The number of aryl methyl sites for hydroxylation is 1. The predicted octanol–water partition coefficient (Wildman–Crippen LogP) is 0.851. The molecule has 1 amide bonds. The van der Waals surface area contributed by atoms with Crippen LogP contribution in [-0.2, 0) is 16.0 Å². The summed E-state index contributed by atoms with van der Waals surface area (Å²) in [5.41, 5.74) is 1.82. The van der Waals surface area contributed by atoms with E-state index in [9.17, 15) is 14.7 Å². The summed E-state index contributed by atoms with van der Waals surface area (Å²) in [6, 6.07) is 15.2. The Hall–Kier alpha value is -2.82. The van der Waals surface area contributed by atoms with Gasteiger partial charge in [0.1, 0.15) is 5.75 Å². The fourth-order valence-electron chi connectivity index (χ4n) is 2.13. The predicted molar refractivity (Wildman–Crippen MR) is 83.8 cm³/mol. The van der Waals surface area contributed by atoms with E-state index in [-0.39, 0.29) is 13.0 Å². The lowest BCUT2D eigenvalue weighted by atomic mass is 10.1. The van der Waals surface area contributed by atoms with Crippen LogP contribution in [0.2, 0.25) is 0 Å². The summed E-state index contributed by atoms with van der Waals surface area (Å²) >= 11 is 0. The average Bonchev–Trinajstić information content (AvgIpc) is 2.53. The van der Waals surface area contributed by atoms with Crippen molar-refractivity contribution in [2.45, 2.75) is 19.4 Å². The van der Waals surface area contributed by atoms with Crippen LogP contribution in [0.15, 0.2) is 54.6 Å². The molecule has 2 aromatic rings. The summed E-state index contributed by atoms with van der Waals surface area (Å²) in [7, 11) is 0. The number of nitrogens with one attached hydrogen (secondary N) is 1. The van der Waals surface area contributed by atoms with Crippen molar-refractivity contribution in [3.63, 3.8) is 0 Å². The van der Waals surface area contributed by atoms with E-state index < -0.39 is 17.9 Å².